The van der Waals surface area contributed by atoms with Crippen LogP contribution in [0.4, 0.5) is 15.6 Å². The number of nitrogens with zero attached hydrogens (tertiary/aromatic N) is 1. The first-order valence-corrected chi connectivity index (χ1v) is 7.20. The zero-order valence-corrected chi connectivity index (χ0v) is 11.5. The Hall–Kier alpha value is -2.21. The molecule has 102 valence electrons. The van der Waals surface area contributed by atoms with Gasteiger partial charge in [0.1, 0.15) is 0 Å². The summed E-state index contributed by atoms with van der Waals surface area (Å²) in [6, 6.07) is 8.82. The van der Waals surface area contributed by atoms with Gasteiger partial charge in [0.2, 0.25) is 0 Å². The van der Waals surface area contributed by atoms with Gasteiger partial charge in [-0.2, -0.15) is 0 Å². The number of ketones is 1. The van der Waals surface area contributed by atoms with Gasteiger partial charge in [0.15, 0.2) is 10.9 Å². The summed E-state index contributed by atoms with van der Waals surface area (Å²) in [5.41, 5.74) is 1.52. The van der Waals surface area contributed by atoms with Gasteiger partial charge in [-0.3, -0.25) is 10.1 Å². The van der Waals surface area contributed by atoms with E-state index in [0.717, 1.165) is 18.5 Å². The lowest BCUT2D eigenvalue weighted by Crippen LogP contribution is -2.19. The maximum absolute atomic E-state index is 11.8. The number of carbonyl (C=O) groups excluding carboxylic acids is 2. The van der Waals surface area contributed by atoms with Crippen LogP contribution in [-0.4, -0.2) is 16.8 Å². The molecule has 0 spiro atoms. The monoisotopic (exact) mass is 287 g/mol. The topological polar surface area (TPSA) is 71.1 Å². The lowest BCUT2D eigenvalue weighted by molar-refractivity contribution is 0.0976. The summed E-state index contributed by atoms with van der Waals surface area (Å²) in [4.78, 5) is 28.5. The van der Waals surface area contributed by atoms with Gasteiger partial charge in [-0.25, -0.2) is 9.78 Å². The predicted octanol–water partition coefficient (Wildman–Crippen LogP) is 3.31. The molecule has 0 saturated carbocycles. The molecule has 6 heteroatoms. The van der Waals surface area contributed by atoms with Crippen molar-refractivity contribution in [2.45, 2.75) is 19.3 Å². The second-order valence-electron chi connectivity index (χ2n) is 4.52. The fraction of sp³-hybridized carbons (Fsp3) is 0.214. The van der Waals surface area contributed by atoms with Crippen molar-refractivity contribution in [1.82, 2.24) is 4.98 Å². The minimum absolute atomic E-state index is 0.125. The van der Waals surface area contributed by atoms with Crippen LogP contribution < -0.4 is 10.6 Å². The van der Waals surface area contributed by atoms with E-state index in [-0.39, 0.29) is 11.8 Å². The number of benzene rings is 1. The van der Waals surface area contributed by atoms with Crippen LogP contribution in [0.5, 0.6) is 0 Å². The number of aromatic nitrogens is 1. The van der Waals surface area contributed by atoms with Gasteiger partial charge < -0.3 is 5.32 Å². The van der Waals surface area contributed by atoms with Crippen molar-refractivity contribution < 1.29 is 9.59 Å². The highest BCUT2D eigenvalue weighted by Gasteiger charge is 2.22. The summed E-state index contributed by atoms with van der Waals surface area (Å²) in [6.45, 7) is 0. The van der Waals surface area contributed by atoms with E-state index < -0.39 is 0 Å². The summed E-state index contributed by atoms with van der Waals surface area (Å²) in [5, 5.41) is 5.86. The van der Waals surface area contributed by atoms with E-state index in [2.05, 4.69) is 15.6 Å². The highest BCUT2D eigenvalue weighted by Crippen LogP contribution is 2.29. The minimum Gasteiger partial charge on any atom is -0.308 e. The Labute approximate surface area is 120 Å². The number of anilines is 2. The first-order valence-electron chi connectivity index (χ1n) is 6.38. The summed E-state index contributed by atoms with van der Waals surface area (Å²) in [5.74, 6) is 0.125. The molecular formula is C14H13N3O2S. The van der Waals surface area contributed by atoms with E-state index in [0.29, 0.717) is 22.1 Å². The molecular weight excluding hydrogens is 274 g/mol. The third-order valence-corrected chi connectivity index (χ3v) is 4.07. The van der Waals surface area contributed by atoms with E-state index in [1.54, 1.807) is 12.1 Å². The molecule has 20 heavy (non-hydrogen) atoms. The molecule has 1 aliphatic rings. The summed E-state index contributed by atoms with van der Waals surface area (Å²) in [6.07, 6.45) is 2.22. The molecule has 0 atom stereocenters. The van der Waals surface area contributed by atoms with Crippen LogP contribution >= 0.6 is 11.3 Å². The molecule has 1 aromatic heterocycles. The van der Waals surface area contributed by atoms with Crippen molar-refractivity contribution in [3.05, 3.63) is 40.9 Å². The van der Waals surface area contributed by atoms with Crippen LogP contribution in [0.2, 0.25) is 0 Å². The van der Waals surface area contributed by atoms with E-state index in [1.165, 1.54) is 11.3 Å². The van der Waals surface area contributed by atoms with Crippen molar-refractivity contribution in [2.75, 3.05) is 10.6 Å². The highest BCUT2D eigenvalue weighted by molar-refractivity contribution is 7.17. The van der Waals surface area contributed by atoms with Crippen LogP contribution in [0.25, 0.3) is 0 Å². The standard InChI is InChI=1S/C14H13N3O2S/c18-11-8-4-7-10-12(11)20-14(16-10)17-13(19)15-9-5-2-1-3-6-9/h1-3,5-6H,4,7-8H2,(H2,15,16,17,19). The fourth-order valence-corrected chi connectivity index (χ4v) is 3.08. The molecule has 0 bridgehead atoms. The van der Waals surface area contributed by atoms with Crippen LogP contribution in [0.1, 0.15) is 28.2 Å². The molecule has 2 N–H and O–H groups in total. The zero-order valence-electron chi connectivity index (χ0n) is 10.7. The molecule has 1 aliphatic carbocycles. The number of para-hydroxylation sites is 1. The van der Waals surface area contributed by atoms with Crippen LogP contribution in [0.15, 0.2) is 30.3 Å². The SMILES string of the molecule is O=C(Nc1ccccc1)Nc1nc2c(s1)C(=O)CCC2. The van der Waals surface area contributed by atoms with Gasteiger partial charge >= 0.3 is 6.03 Å². The van der Waals surface area contributed by atoms with E-state index in [9.17, 15) is 9.59 Å². The molecule has 1 aromatic carbocycles. The van der Waals surface area contributed by atoms with Gasteiger partial charge in [0.25, 0.3) is 0 Å². The Morgan fingerprint density at radius 1 is 1.15 bits per heavy atom. The van der Waals surface area contributed by atoms with E-state index in [1.807, 2.05) is 18.2 Å². The molecule has 3 rings (SSSR count). The third-order valence-electron chi connectivity index (χ3n) is 3.02. The average Bonchev–Trinajstić information content (AvgIpc) is 2.83. The average molecular weight is 287 g/mol. The second-order valence-corrected chi connectivity index (χ2v) is 5.52. The van der Waals surface area contributed by atoms with Crippen molar-refractivity contribution in [1.29, 1.82) is 0 Å². The quantitative estimate of drug-likeness (QED) is 0.890. The molecule has 0 saturated heterocycles. The molecule has 0 aliphatic heterocycles. The molecule has 1 heterocycles. The third kappa shape index (κ3) is 2.70. The summed E-state index contributed by atoms with van der Waals surface area (Å²) in [7, 11) is 0. The molecule has 5 nitrogen and oxygen atoms in total. The fourth-order valence-electron chi connectivity index (χ4n) is 2.10. The van der Waals surface area contributed by atoms with Crippen LogP contribution in [0, 0.1) is 0 Å². The first kappa shape index (κ1) is 12.8. The van der Waals surface area contributed by atoms with Gasteiger partial charge in [-0.15, -0.1) is 0 Å². The Balaban J connectivity index is 1.69. The number of hydrogen-bond donors (Lipinski definition) is 2. The molecule has 0 unspecified atom stereocenters. The predicted molar refractivity (Wildman–Crippen MR) is 78.5 cm³/mol. The number of rotatable bonds is 2. The number of aryl methyl sites for hydroxylation is 1. The number of nitrogens with one attached hydrogen (secondary N) is 2. The number of hydrogen-bond acceptors (Lipinski definition) is 4. The van der Waals surface area contributed by atoms with Crippen molar-refractivity contribution in [3.63, 3.8) is 0 Å². The molecule has 0 fully saturated rings. The lowest BCUT2D eigenvalue weighted by atomic mass is 10.0. The minimum atomic E-state index is -0.352. The van der Waals surface area contributed by atoms with Crippen LogP contribution in [0.3, 0.4) is 0 Å². The van der Waals surface area contributed by atoms with Crippen molar-refractivity contribution in [3.8, 4) is 0 Å². The van der Waals surface area contributed by atoms with Crippen LogP contribution in [-0.2, 0) is 6.42 Å². The molecule has 2 aromatic rings. The maximum Gasteiger partial charge on any atom is 0.325 e. The Morgan fingerprint density at radius 3 is 2.70 bits per heavy atom. The number of urea groups is 1. The number of carbonyl (C=O) groups is 2. The Morgan fingerprint density at radius 2 is 1.95 bits per heavy atom. The largest absolute Gasteiger partial charge is 0.325 e. The smallest absolute Gasteiger partial charge is 0.308 e. The van der Waals surface area contributed by atoms with Gasteiger partial charge in [0.05, 0.1) is 10.6 Å². The zero-order chi connectivity index (χ0) is 13.9. The normalized spacial score (nSPS) is 13.7. The number of amides is 2. The van der Waals surface area contributed by atoms with Crippen molar-refractivity contribution in [2.24, 2.45) is 0 Å². The van der Waals surface area contributed by atoms with Gasteiger partial charge in [-0.05, 0) is 25.0 Å². The second kappa shape index (κ2) is 5.42. The number of thiazole rings is 1. The Kier molecular flexibility index (Phi) is 3.47. The van der Waals surface area contributed by atoms with Gasteiger partial charge in [0, 0.05) is 12.1 Å². The maximum atomic E-state index is 11.8. The lowest BCUT2D eigenvalue weighted by Gasteiger charge is -2.05. The van der Waals surface area contributed by atoms with Gasteiger partial charge in [-0.1, -0.05) is 29.5 Å². The highest BCUT2D eigenvalue weighted by atomic mass is 32.1. The molecule has 2 amide bonds. The Bertz CT molecular complexity index is 652. The summed E-state index contributed by atoms with van der Waals surface area (Å²) >= 11 is 1.25. The van der Waals surface area contributed by atoms with E-state index in [4.69, 9.17) is 0 Å². The first-order chi connectivity index (χ1) is 9.72. The number of fused-ring (bicyclic) bond motifs is 1. The summed E-state index contributed by atoms with van der Waals surface area (Å²) < 4.78 is 0. The van der Waals surface area contributed by atoms with Crippen molar-refractivity contribution >= 4 is 34.0 Å². The van der Waals surface area contributed by atoms with E-state index >= 15 is 0 Å². The number of Topliss-reactive ketones (excluding diaryl/α,β-unsaturated/α-hetero) is 1. The molecule has 0 radical (unpaired) electrons.